The van der Waals surface area contributed by atoms with Crippen LogP contribution >= 0.6 is 24.8 Å². The van der Waals surface area contributed by atoms with Gasteiger partial charge in [0.15, 0.2) is 0 Å². The van der Waals surface area contributed by atoms with Crippen LogP contribution in [0.3, 0.4) is 0 Å². The van der Waals surface area contributed by atoms with Gasteiger partial charge in [0.1, 0.15) is 0 Å². The number of amides is 1. The quantitative estimate of drug-likeness (QED) is 0.813. The van der Waals surface area contributed by atoms with Gasteiger partial charge in [-0.05, 0) is 32.7 Å². The third kappa shape index (κ3) is 7.35. The summed E-state index contributed by atoms with van der Waals surface area (Å²) in [6.07, 6.45) is 3.34. The maximum absolute atomic E-state index is 11.9. The van der Waals surface area contributed by atoms with Crippen LogP contribution in [0.4, 0.5) is 0 Å². The van der Waals surface area contributed by atoms with Crippen LogP contribution in [0.25, 0.3) is 0 Å². The molecule has 2 unspecified atom stereocenters. The van der Waals surface area contributed by atoms with Crippen molar-refractivity contribution in [2.45, 2.75) is 52.1 Å². The van der Waals surface area contributed by atoms with Gasteiger partial charge in [-0.2, -0.15) is 0 Å². The topological polar surface area (TPSA) is 58.4 Å². The lowest BCUT2D eigenvalue weighted by atomic mass is 10.0. The lowest BCUT2D eigenvalue weighted by Crippen LogP contribution is -2.48. The van der Waals surface area contributed by atoms with Crippen LogP contribution in [-0.4, -0.2) is 42.5 Å². The molecule has 0 saturated carbocycles. The minimum Gasteiger partial charge on any atom is -0.353 e. The Morgan fingerprint density at radius 2 is 1.84 bits per heavy atom. The molecule has 3 N–H and O–H groups in total. The molecule has 1 aliphatic rings. The molecule has 116 valence electrons. The van der Waals surface area contributed by atoms with E-state index in [1.54, 1.807) is 0 Å². The SMILES string of the molecule is CCCN1CCC(NC(=O)C(C)C(C)N)CC1.Cl.Cl. The molecule has 0 radical (unpaired) electrons. The first-order valence-electron chi connectivity index (χ1n) is 6.83. The fourth-order valence-electron chi connectivity index (χ4n) is 2.19. The third-order valence-corrected chi connectivity index (χ3v) is 3.68. The minimum absolute atomic E-state index is 0. The monoisotopic (exact) mass is 313 g/mol. The third-order valence-electron chi connectivity index (χ3n) is 3.68. The van der Waals surface area contributed by atoms with Crippen molar-refractivity contribution in [2.24, 2.45) is 11.7 Å². The summed E-state index contributed by atoms with van der Waals surface area (Å²) in [4.78, 5) is 14.3. The van der Waals surface area contributed by atoms with Crippen molar-refractivity contribution in [3.8, 4) is 0 Å². The van der Waals surface area contributed by atoms with Gasteiger partial charge in [-0.3, -0.25) is 4.79 Å². The van der Waals surface area contributed by atoms with E-state index in [2.05, 4.69) is 17.1 Å². The van der Waals surface area contributed by atoms with E-state index >= 15 is 0 Å². The number of piperidine rings is 1. The van der Waals surface area contributed by atoms with Gasteiger partial charge in [0, 0.05) is 31.1 Å². The summed E-state index contributed by atoms with van der Waals surface area (Å²) in [5.41, 5.74) is 5.73. The maximum Gasteiger partial charge on any atom is 0.224 e. The molecular formula is C13H29Cl2N3O. The van der Waals surface area contributed by atoms with Crippen LogP contribution in [0.1, 0.15) is 40.0 Å². The molecule has 1 amide bonds. The highest BCUT2D eigenvalue weighted by Gasteiger charge is 2.23. The van der Waals surface area contributed by atoms with Gasteiger partial charge in [0.05, 0.1) is 0 Å². The van der Waals surface area contributed by atoms with Crippen molar-refractivity contribution >= 4 is 30.7 Å². The molecule has 0 aliphatic carbocycles. The van der Waals surface area contributed by atoms with E-state index in [4.69, 9.17) is 5.73 Å². The van der Waals surface area contributed by atoms with Gasteiger partial charge in [-0.25, -0.2) is 0 Å². The zero-order chi connectivity index (χ0) is 12.8. The summed E-state index contributed by atoms with van der Waals surface area (Å²) in [6.45, 7) is 9.37. The summed E-state index contributed by atoms with van der Waals surface area (Å²) >= 11 is 0. The first-order valence-corrected chi connectivity index (χ1v) is 6.83. The molecule has 4 nitrogen and oxygen atoms in total. The average Bonchev–Trinajstić information content (AvgIpc) is 2.30. The van der Waals surface area contributed by atoms with Gasteiger partial charge in [0.2, 0.25) is 5.91 Å². The van der Waals surface area contributed by atoms with Crippen LogP contribution in [0.5, 0.6) is 0 Å². The summed E-state index contributed by atoms with van der Waals surface area (Å²) in [6, 6.07) is 0.270. The smallest absolute Gasteiger partial charge is 0.224 e. The first-order chi connectivity index (χ1) is 8.04. The van der Waals surface area contributed by atoms with E-state index in [1.165, 1.54) is 13.0 Å². The Labute approximate surface area is 129 Å². The highest BCUT2D eigenvalue weighted by molar-refractivity contribution is 5.85. The van der Waals surface area contributed by atoms with Gasteiger partial charge in [-0.15, -0.1) is 24.8 Å². The van der Waals surface area contributed by atoms with Crippen molar-refractivity contribution in [3.63, 3.8) is 0 Å². The van der Waals surface area contributed by atoms with Crippen molar-refractivity contribution < 1.29 is 4.79 Å². The molecule has 1 aliphatic heterocycles. The van der Waals surface area contributed by atoms with Crippen molar-refractivity contribution in [3.05, 3.63) is 0 Å². The molecule has 0 aromatic heterocycles. The second kappa shape index (κ2) is 10.7. The number of nitrogens with two attached hydrogens (primary N) is 1. The molecule has 0 aromatic rings. The van der Waals surface area contributed by atoms with Crippen LogP contribution in [0.15, 0.2) is 0 Å². The van der Waals surface area contributed by atoms with Crippen molar-refractivity contribution in [1.82, 2.24) is 10.2 Å². The summed E-state index contributed by atoms with van der Waals surface area (Å²) in [5, 5.41) is 3.12. The molecule has 1 saturated heterocycles. The van der Waals surface area contributed by atoms with Crippen LogP contribution in [0, 0.1) is 5.92 Å². The number of carbonyl (C=O) groups is 1. The van der Waals surface area contributed by atoms with Crippen LogP contribution in [0.2, 0.25) is 0 Å². The average molecular weight is 314 g/mol. The number of likely N-dealkylation sites (tertiary alicyclic amines) is 1. The summed E-state index contributed by atoms with van der Waals surface area (Å²) < 4.78 is 0. The molecule has 6 heteroatoms. The zero-order valence-corrected chi connectivity index (χ0v) is 13.9. The molecule has 0 spiro atoms. The minimum atomic E-state index is -0.0938. The van der Waals surface area contributed by atoms with Crippen molar-refractivity contribution in [2.75, 3.05) is 19.6 Å². The Bertz CT molecular complexity index is 244. The maximum atomic E-state index is 11.9. The molecule has 1 rings (SSSR count). The highest BCUT2D eigenvalue weighted by Crippen LogP contribution is 2.11. The molecular weight excluding hydrogens is 285 g/mol. The van der Waals surface area contributed by atoms with Gasteiger partial charge in [0.25, 0.3) is 0 Å². The van der Waals surface area contributed by atoms with Crippen LogP contribution < -0.4 is 11.1 Å². The number of halogens is 2. The summed E-state index contributed by atoms with van der Waals surface area (Å²) in [5.74, 6) is 0.0117. The van der Waals surface area contributed by atoms with Gasteiger partial charge in [-0.1, -0.05) is 13.8 Å². The largest absolute Gasteiger partial charge is 0.353 e. The lowest BCUT2D eigenvalue weighted by molar-refractivity contribution is -0.126. The standard InChI is InChI=1S/C13H27N3O.2ClH/c1-4-7-16-8-5-12(6-9-16)15-13(17)10(2)11(3)14;;/h10-12H,4-9,14H2,1-3H3,(H,15,17);2*1H. The second-order valence-corrected chi connectivity index (χ2v) is 5.27. The molecule has 1 fully saturated rings. The number of nitrogens with zero attached hydrogens (tertiary/aromatic N) is 1. The Morgan fingerprint density at radius 3 is 2.26 bits per heavy atom. The van der Waals surface area contributed by atoms with Crippen LogP contribution in [-0.2, 0) is 4.79 Å². The molecule has 19 heavy (non-hydrogen) atoms. The fourth-order valence-corrected chi connectivity index (χ4v) is 2.19. The zero-order valence-electron chi connectivity index (χ0n) is 12.2. The Balaban J connectivity index is 0. The van der Waals surface area contributed by atoms with E-state index < -0.39 is 0 Å². The van der Waals surface area contributed by atoms with E-state index in [0.29, 0.717) is 6.04 Å². The Morgan fingerprint density at radius 1 is 1.32 bits per heavy atom. The van der Waals surface area contributed by atoms with E-state index in [0.717, 1.165) is 25.9 Å². The molecule has 0 bridgehead atoms. The molecule has 1 heterocycles. The second-order valence-electron chi connectivity index (χ2n) is 5.27. The normalized spacial score (nSPS) is 19.8. The Hall–Kier alpha value is -0.0300. The van der Waals surface area contributed by atoms with Gasteiger partial charge >= 0.3 is 0 Å². The number of nitrogens with one attached hydrogen (secondary N) is 1. The number of hydrogen-bond acceptors (Lipinski definition) is 3. The number of carbonyl (C=O) groups excluding carboxylic acids is 1. The van der Waals surface area contributed by atoms with E-state index in [9.17, 15) is 4.79 Å². The Kier molecular flexibility index (Phi) is 12.0. The van der Waals surface area contributed by atoms with Crippen molar-refractivity contribution in [1.29, 1.82) is 0 Å². The van der Waals surface area contributed by atoms with E-state index in [1.807, 2.05) is 13.8 Å². The highest BCUT2D eigenvalue weighted by atomic mass is 35.5. The predicted molar refractivity (Wildman–Crippen MR) is 85.2 cm³/mol. The predicted octanol–water partition coefficient (Wildman–Crippen LogP) is 1.80. The first kappa shape index (κ1) is 21.3. The fraction of sp³-hybridized carbons (Fsp3) is 0.923. The molecule has 0 aromatic carbocycles. The molecule has 2 atom stereocenters. The van der Waals surface area contributed by atoms with Gasteiger partial charge < -0.3 is 16.0 Å². The van der Waals surface area contributed by atoms with E-state index in [-0.39, 0.29) is 42.7 Å². The number of rotatable bonds is 5. The summed E-state index contributed by atoms with van der Waals surface area (Å²) in [7, 11) is 0. The number of hydrogen-bond donors (Lipinski definition) is 2. The lowest BCUT2D eigenvalue weighted by Gasteiger charge is -2.32.